The number of aromatic nitrogens is 1. The van der Waals surface area contributed by atoms with E-state index in [1.165, 1.54) is 17.8 Å². The predicted molar refractivity (Wildman–Crippen MR) is 96.6 cm³/mol. The molecule has 1 aliphatic rings. The van der Waals surface area contributed by atoms with Crippen LogP contribution in [0.2, 0.25) is 0 Å². The molecule has 0 radical (unpaired) electrons. The number of amides is 1. The summed E-state index contributed by atoms with van der Waals surface area (Å²) < 4.78 is 5.04. The fraction of sp³-hybridized carbons (Fsp3) is 0.467. The summed E-state index contributed by atoms with van der Waals surface area (Å²) in [6.45, 7) is 2.94. The van der Waals surface area contributed by atoms with E-state index >= 15 is 0 Å². The molecule has 23 heavy (non-hydrogen) atoms. The maximum atomic E-state index is 11.9. The highest BCUT2D eigenvalue weighted by Crippen LogP contribution is 2.24. The van der Waals surface area contributed by atoms with Gasteiger partial charge in [0.2, 0.25) is 5.91 Å². The van der Waals surface area contributed by atoms with Gasteiger partial charge in [0.05, 0.1) is 18.4 Å². The minimum atomic E-state index is 0. The average molecular weight is 378 g/mol. The van der Waals surface area contributed by atoms with E-state index in [0.29, 0.717) is 12.3 Å². The van der Waals surface area contributed by atoms with Crippen LogP contribution in [0.15, 0.2) is 28.4 Å². The van der Waals surface area contributed by atoms with Crippen molar-refractivity contribution in [2.45, 2.75) is 19.3 Å². The summed E-state index contributed by atoms with van der Waals surface area (Å²) in [5.74, 6) is 0.752. The number of nitrogens with one attached hydrogen (secondary N) is 2. The lowest BCUT2D eigenvalue weighted by Gasteiger charge is -2.08. The lowest BCUT2D eigenvalue weighted by atomic mass is 10.1. The predicted octanol–water partition coefficient (Wildman–Crippen LogP) is 2.91. The van der Waals surface area contributed by atoms with Gasteiger partial charge in [-0.3, -0.25) is 4.79 Å². The van der Waals surface area contributed by atoms with E-state index in [9.17, 15) is 4.79 Å². The summed E-state index contributed by atoms with van der Waals surface area (Å²) in [5, 5.41) is 9.14. The Morgan fingerprint density at radius 3 is 3.04 bits per heavy atom. The largest absolute Gasteiger partial charge is 0.472 e. The summed E-state index contributed by atoms with van der Waals surface area (Å²) >= 11 is 1.53. The van der Waals surface area contributed by atoms with Gasteiger partial charge < -0.3 is 15.1 Å². The Kier molecular flexibility index (Phi) is 8.62. The highest BCUT2D eigenvalue weighted by molar-refractivity contribution is 7.13. The molecule has 1 aliphatic heterocycles. The molecular weight excluding hydrogens is 357 g/mol. The lowest BCUT2D eigenvalue weighted by Crippen LogP contribution is -2.27. The Balaban J connectivity index is 0.00000132. The second-order valence-corrected chi connectivity index (χ2v) is 6.19. The van der Waals surface area contributed by atoms with Gasteiger partial charge in [-0.15, -0.1) is 36.2 Å². The summed E-state index contributed by atoms with van der Waals surface area (Å²) in [7, 11) is 0. The average Bonchev–Trinajstić information content (AvgIpc) is 3.21. The molecule has 8 heteroatoms. The number of rotatable bonds is 6. The quantitative estimate of drug-likeness (QED) is 0.811. The molecule has 128 valence electrons. The van der Waals surface area contributed by atoms with Gasteiger partial charge in [0.25, 0.3) is 0 Å². The third kappa shape index (κ3) is 5.80. The van der Waals surface area contributed by atoms with Gasteiger partial charge >= 0.3 is 0 Å². The van der Waals surface area contributed by atoms with Gasteiger partial charge in [0, 0.05) is 17.5 Å². The third-order valence-electron chi connectivity index (χ3n) is 3.70. The monoisotopic (exact) mass is 377 g/mol. The molecular formula is C15H21Cl2N3O2S. The van der Waals surface area contributed by atoms with Crippen molar-refractivity contribution in [1.29, 1.82) is 0 Å². The molecule has 1 saturated heterocycles. The van der Waals surface area contributed by atoms with E-state index in [4.69, 9.17) is 4.42 Å². The Hall–Kier alpha value is -1.08. The van der Waals surface area contributed by atoms with E-state index in [-0.39, 0.29) is 30.7 Å². The molecule has 0 aliphatic carbocycles. The first-order valence-corrected chi connectivity index (χ1v) is 8.13. The van der Waals surface area contributed by atoms with Crippen LogP contribution in [0.25, 0.3) is 10.6 Å². The normalized spacial score (nSPS) is 16.4. The van der Waals surface area contributed by atoms with Crippen molar-refractivity contribution in [2.24, 2.45) is 5.92 Å². The Morgan fingerprint density at radius 1 is 1.48 bits per heavy atom. The summed E-state index contributed by atoms with van der Waals surface area (Å²) in [6.07, 6.45) is 5.91. The van der Waals surface area contributed by atoms with Gasteiger partial charge in [-0.05, 0) is 37.9 Å². The number of furan rings is 1. The summed E-state index contributed by atoms with van der Waals surface area (Å²) in [4.78, 5) is 16.4. The molecule has 0 saturated carbocycles. The maximum absolute atomic E-state index is 11.9. The molecule has 0 aromatic carbocycles. The number of hydrogen-bond donors (Lipinski definition) is 2. The topological polar surface area (TPSA) is 67.2 Å². The third-order valence-corrected chi connectivity index (χ3v) is 4.64. The molecule has 1 unspecified atom stereocenters. The lowest BCUT2D eigenvalue weighted by molar-refractivity contribution is -0.120. The standard InChI is InChI=1S/C15H19N3O2S.2ClH/c19-14(17-5-2-11-1-4-16-8-11)7-13-10-21-15(18-13)12-3-6-20-9-12;;/h3,6,9-11,16H,1-2,4-5,7-8H2,(H,17,19);2*1H. The first-order chi connectivity index (χ1) is 10.3. The second kappa shape index (κ2) is 9.93. The Morgan fingerprint density at radius 2 is 2.35 bits per heavy atom. The van der Waals surface area contributed by atoms with Gasteiger partial charge in [-0.25, -0.2) is 4.98 Å². The smallest absolute Gasteiger partial charge is 0.226 e. The highest BCUT2D eigenvalue weighted by atomic mass is 35.5. The zero-order valence-electron chi connectivity index (χ0n) is 12.6. The van der Waals surface area contributed by atoms with Gasteiger partial charge in [-0.1, -0.05) is 0 Å². The van der Waals surface area contributed by atoms with Gasteiger partial charge in [0.15, 0.2) is 0 Å². The molecule has 1 fully saturated rings. The van der Waals surface area contributed by atoms with Crippen molar-refractivity contribution in [2.75, 3.05) is 19.6 Å². The van der Waals surface area contributed by atoms with Crippen molar-refractivity contribution in [1.82, 2.24) is 15.6 Å². The van der Waals surface area contributed by atoms with Crippen LogP contribution in [0.4, 0.5) is 0 Å². The summed E-state index contributed by atoms with van der Waals surface area (Å²) in [5.41, 5.74) is 1.77. The number of carbonyl (C=O) groups excluding carboxylic acids is 1. The number of nitrogens with zero attached hydrogens (tertiary/aromatic N) is 1. The molecule has 1 amide bonds. The number of hydrogen-bond acceptors (Lipinski definition) is 5. The number of thiazole rings is 1. The minimum absolute atomic E-state index is 0. The molecule has 3 rings (SSSR count). The van der Waals surface area contributed by atoms with E-state index in [0.717, 1.165) is 42.3 Å². The SMILES string of the molecule is Cl.Cl.O=C(Cc1csc(-c2ccoc2)n1)NCCC1CCNC1. The molecule has 3 heterocycles. The fourth-order valence-electron chi connectivity index (χ4n) is 2.51. The first kappa shape index (κ1) is 20.0. The summed E-state index contributed by atoms with van der Waals surface area (Å²) in [6, 6.07) is 1.87. The molecule has 0 bridgehead atoms. The van der Waals surface area contributed by atoms with Crippen LogP contribution >= 0.6 is 36.2 Å². The van der Waals surface area contributed by atoms with Crippen LogP contribution in [0.1, 0.15) is 18.5 Å². The molecule has 0 spiro atoms. The zero-order valence-corrected chi connectivity index (χ0v) is 15.1. The van der Waals surface area contributed by atoms with Gasteiger partial charge in [-0.2, -0.15) is 0 Å². The first-order valence-electron chi connectivity index (χ1n) is 7.25. The van der Waals surface area contributed by atoms with Crippen LogP contribution in [-0.2, 0) is 11.2 Å². The van der Waals surface area contributed by atoms with Crippen molar-refractivity contribution in [3.8, 4) is 10.6 Å². The van der Waals surface area contributed by atoms with E-state index < -0.39 is 0 Å². The fourth-order valence-corrected chi connectivity index (χ4v) is 3.32. The van der Waals surface area contributed by atoms with E-state index in [2.05, 4.69) is 15.6 Å². The van der Waals surface area contributed by atoms with Crippen LogP contribution in [0.5, 0.6) is 0 Å². The second-order valence-electron chi connectivity index (χ2n) is 5.33. The van der Waals surface area contributed by atoms with Crippen LogP contribution in [-0.4, -0.2) is 30.5 Å². The van der Waals surface area contributed by atoms with E-state index in [1.54, 1.807) is 12.5 Å². The van der Waals surface area contributed by atoms with E-state index in [1.807, 2.05) is 11.4 Å². The van der Waals surface area contributed by atoms with Crippen LogP contribution < -0.4 is 10.6 Å². The highest BCUT2D eigenvalue weighted by Gasteiger charge is 2.14. The molecule has 2 aromatic rings. The number of carbonyl (C=O) groups is 1. The van der Waals surface area contributed by atoms with Crippen molar-refractivity contribution in [3.63, 3.8) is 0 Å². The van der Waals surface area contributed by atoms with Crippen LogP contribution in [0.3, 0.4) is 0 Å². The molecule has 5 nitrogen and oxygen atoms in total. The molecule has 1 atom stereocenters. The zero-order chi connectivity index (χ0) is 14.5. The molecule has 2 N–H and O–H groups in total. The maximum Gasteiger partial charge on any atom is 0.226 e. The van der Waals surface area contributed by atoms with Crippen molar-refractivity contribution in [3.05, 3.63) is 29.7 Å². The Bertz CT molecular complexity index is 583. The molecule has 2 aromatic heterocycles. The number of halogens is 2. The Labute approximate surface area is 152 Å². The minimum Gasteiger partial charge on any atom is -0.472 e. The van der Waals surface area contributed by atoms with Gasteiger partial charge in [0.1, 0.15) is 11.3 Å². The van der Waals surface area contributed by atoms with Crippen LogP contribution in [0, 0.1) is 5.92 Å². The van der Waals surface area contributed by atoms with Crippen molar-refractivity contribution < 1.29 is 9.21 Å². The van der Waals surface area contributed by atoms with Crippen molar-refractivity contribution >= 4 is 42.1 Å².